The van der Waals surface area contributed by atoms with E-state index in [9.17, 15) is 18.0 Å². The Balaban J connectivity index is 1.47. The average molecular weight is 378 g/mol. The molecule has 2 atom stereocenters. The lowest BCUT2D eigenvalue weighted by molar-refractivity contribution is -0.274. The third-order valence-electron chi connectivity index (χ3n) is 4.65. The Morgan fingerprint density at radius 2 is 1.89 bits per heavy atom. The van der Waals surface area contributed by atoms with Crippen molar-refractivity contribution in [3.05, 3.63) is 54.1 Å². The van der Waals surface area contributed by atoms with Crippen LogP contribution in [0.15, 0.2) is 48.5 Å². The summed E-state index contributed by atoms with van der Waals surface area (Å²) in [6.45, 7) is 0.994. The van der Waals surface area contributed by atoms with Gasteiger partial charge in [0.2, 0.25) is 5.91 Å². The molecule has 1 saturated heterocycles. The molecule has 1 N–H and O–H groups in total. The van der Waals surface area contributed by atoms with E-state index in [2.05, 4.69) is 10.1 Å². The fourth-order valence-electron chi connectivity index (χ4n) is 3.49. The number of carbonyl (C=O) groups is 1. The van der Waals surface area contributed by atoms with Crippen LogP contribution in [-0.2, 0) is 11.3 Å². The Labute approximate surface area is 153 Å². The maximum Gasteiger partial charge on any atom is 0.573 e. The van der Waals surface area contributed by atoms with Crippen LogP contribution in [0.5, 0.6) is 11.5 Å². The van der Waals surface area contributed by atoms with Crippen molar-refractivity contribution in [2.45, 2.75) is 31.5 Å². The van der Waals surface area contributed by atoms with Crippen molar-refractivity contribution in [3.63, 3.8) is 0 Å². The molecule has 2 aromatic rings. The van der Waals surface area contributed by atoms with Crippen LogP contribution in [0.25, 0.3) is 0 Å². The minimum atomic E-state index is -4.71. The molecule has 0 aromatic heterocycles. The van der Waals surface area contributed by atoms with Gasteiger partial charge in [0.15, 0.2) is 0 Å². The number of hydrogen-bond donors (Lipinski definition) is 1. The first kappa shape index (κ1) is 17.7. The summed E-state index contributed by atoms with van der Waals surface area (Å²) in [6, 6.07) is 12.6. The number of likely N-dealkylation sites (tertiary alicyclic amines) is 1. The summed E-state index contributed by atoms with van der Waals surface area (Å²) in [6.07, 6.45) is -4.26. The van der Waals surface area contributed by atoms with Crippen LogP contribution in [-0.4, -0.2) is 35.9 Å². The number of anilines is 1. The molecule has 1 fully saturated rings. The molecule has 2 heterocycles. The topological polar surface area (TPSA) is 50.8 Å². The summed E-state index contributed by atoms with van der Waals surface area (Å²) >= 11 is 0. The number of benzene rings is 2. The highest BCUT2D eigenvalue weighted by molar-refractivity contribution is 5.96. The Bertz CT molecular complexity index is 839. The molecule has 0 spiro atoms. The van der Waals surface area contributed by atoms with Gasteiger partial charge in [-0.2, -0.15) is 0 Å². The van der Waals surface area contributed by atoms with E-state index in [0.29, 0.717) is 30.9 Å². The zero-order valence-electron chi connectivity index (χ0n) is 14.2. The molecule has 5 nitrogen and oxygen atoms in total. The molecule has 0 saturated carbocycles. The van der Waals surface area contributed by atoms with Crippen molar-refractivity contribution in [1.29, 1.82) is 0 Å². The smallest absolute Gasteiger partial charge is 0.487 e. The number of alkyl halides is 3. The number of fused-ring (bicyclic) bond motifs is 3. The van der Waals surface area contributed by atoms with Crippen LogP contribution in [0.2, 0.25) is 0 Å². The van der Waals surface area contributed by atoms with Crippen LogP contribution in [0.3, 0.4) is 0 Å². The quantitative estimate of drug-likeness (QED) is 0.888. The van der Waals surface area contributed by atoms with Crippen molar-refractivity contribution in [3.8, 4) is 11.5 Å². The number of nitrogens with zero attached hydrogens (tertiary/aromatic N) is 1. The monoisotopic (exact) mass is 378 g/mol. The van der Waals surface area contributed by atoms with Gasteiger partial charge in [0.25, 0.3) is 0 Å². The average Bonchev–Trinajstić information content (AvgIpc) is 3.00. The zero-order valence-corrected chi connectivity index (χ0v) is 14.2. The molecule has 4 rings (SSSR count). The number of hydrogen-bond acceptors (Lipinski definition) is 4. The van der Waals surface area contributed by atoms with Gasteiger partial charge in [-0.05, 0) is 29.8 Å². The summed E-state index contributed by atoms with van der Waals surface area (Å²) in [4.78, 5) is 14.6. The van der Waals surface area contributed by atoms with E-state index in [4.69, 9.17) is 4.74 Å². The molecule has 2 bridgehead atoms. The number of para-hydroxylation sites is 2. The SMILES string of the molecule is O=C1Nc2ccccc2OC2CC1N(Cc1ccc(OC(F)(F)F)cc1)C2. The van der Waals surface area contributed by atoms with E-state index in [-0.39, 0.29) is 23.8 Å². The summed E-state index contributed by atoms with van der Waals surface area (Å²) < 4.78 is 46.7. The fraction of sp³-hybridized carbons (Fsp3) is 0.316. The van der Waals surface area contributed by atoms with Crippen LogP contribution in [0, 0.1) is 0 Å². The largest absolute Gasteiger partial charge is 0.573 e. The number of ether oxygens (including phenoxy) is 2. The summed E-state index contributed by atoms with van der Waals surface area (Å²) in [5.74, 6) is 0.270. The molecule has 2 aliphatic rings. The molecule has 142 valence electrons. The van der Waals surface area contributed by atoms with Crippen molar-refractivity contribution in [1.82, 2.24) is 4.90 Å². The molecule has 2 aromatic carbocycles. The predicted octanol–water partition coefficient (Wildman–Crippen LogP) is 3.56. The molecule has 8 heteroatoms. The van der Waals surface area contributed by atoms with E-state index in [1.807, 2.05) is 23.1 Å². The van der Waals surface area contributed by atoms with Crippen LogP contribution < -0.4 is 14.8 Å². The molecule has 0 aliphatic carbocycles. The second-order valence-corrected chi connectivity index (χ2v) is 6.60. The van der Waals surface area contributed by atoms with Gasteiger partial charge in [0, 0.05) is 19.5 Å². The molecular weight excluding hydrogens is 361 g/mol. The Morgan fingerprint density at radius 1 is 1.15 bits per heavy atom. The van der Waals surface area contributed by atoms with Crippen LogP contribution in [0.4, 0.5) is 18.9 Å². The van der Waals surface area contributed by atoms with Crippen molar-refractivity contribution < 1.29 is 27.4 Å². The van der Waals surface area contributed by atoms with Crippen molar-refractivity contribution in [2.24, 2.45) is 0 Å². The maximum atomic E-state index is 12.6. The first-order valence-corrected chi connectivity index (χ1v) is 8.53. The number of rotatable bonds is 3. The van der Waals surface area contributed by atoms with E-state index < -0.39 is 6.36 Å². The second kappa shape index (κ2) is 6.77. The van der Waals surface area contributed by atoms with Gasteiger partial charge in [-0.15, -0.1) is 13.2 Å². The third kappa shape index (κ3) is 4.00. The van der Waals surface area contributed by atoms with Gasteiger partial charge in [0.05, 0.1) is 11.7 Å². The lowest BCUT2D eigenvalue weighted by Crippen LogP contribution is -2.39. The maximum absolute atomic E-state index is 12.6. The number of amides is 1. The summed E-state index contributed by atoms with van der Waals surface area (Å²) in [5.41, 5.74) is 1.44. The number of halogens is 3. The first-order chi connectivity index (χ1) is 12.9. The standard InChI is InChI=1S/C19H17F3N2O3/c20-19(21,22)27-13-7-5-12(6-8-13)10-24-11-14-9-16(24)18(25)23-15-3-1-2-4-17(15)26-14/h1-8,14,16H,9-11H2,(H,23,25). The van der Waals surface area contributed by atoms with Crippen molar-refractivity contribution in [2.75, 3.05) is 11.9 Å². The Kier molecular flexibility index (Phi) is 4.43. The zero-order chi connectivity index (χ0) is 19.0. The highest BCUT2D eigenvalue weighted by Gasteiger charge is 2.40. The first-order valence-electron chi connectivity index (χ1n) is 8.53. The van der Waals surface area contributed by atoms with E-state index >= 15 is 0 Å². The van der Waals surface area contributed by atoms with Crippen molar-refractivity contribution >= 4 is 11.6 Å². The van der Waals surface area contributed by atoms with E-state index in [1.165, 1.54) is 12.1 Å². The molecular formula is C19H17F3N2O3. The molecule has 0 radical (unpaired) electrons. The normalized spacial score (nSPS) is 22.3. The minimum absolute atomic E-state index is 0.106. The van der Waals surface area contributed by atoms with Crippen LogP contribution in [0.1, 0.15) is 12.0 Å². The Hall–Kier alpha value is -2.74. The predicted molar refractivity (Wildman–Crippen MR) is 91.4 cm³/mol. The van der Waals surface area contributed by atoms with Gasteiger partial charge in [-0.25, -0.2) is 0 Å². The number of nitrogens with one attached hydrogen (secondary N) is 1. The van der Waals surface area contributed by atoms with Gasteiger partial charge in [-0.1, -0.05) is 24.3 Å². The highest BCUT2D eigenvalue weighted by Crippen LogP contribution is 2.33. The van der Waals surface area contributed by atoms with Crippen LogP contribution >= 0.6 is 0 Å². The van der Waals surface area contributed by atoms with Gasteiger partial charge < -0.3 is 14.8 Å². The number of carbonyl (C=O) groups excluding carboxylic acids is 1. The van der Waals surface area contributed by atoms with E-state index in [0.717, 1.165) is 5.56 Å². The minimum Gasteiger partial charge on any atom is -0.487 e. The summed E-state index contributed by atoms with van der Waals surface area (Å²) in [7, 11) is 0. The third-order valence-corrected chi connectivity index (χ3v) is 4.65. The lowest BCUT2D eigenvalue weighted by Gasteiger charge is -2.23. The fourth-order valence-corrected chi connectivity index (χ4v) is 3.49. The van der Waals surface area contributed by atoms with Gasteiger partial charge in [0.1, 0.15) is 17.6 Å². The molecule has 1 amide bonds. The molecule has 2 unspecified atom stereocenters. The second-order valence-electron chi connectivity index (χ2n) is 6.60. The Morgan fingerprint density at radius 3 is 2.63 bits per heavy atom. The summed E-state index contributed by atoms with van der Waals surface area (Å²) in [5, 5.41) is 2.89. The van der Waals surface area contributed by atoms with Gasteiger partial charge in [-0.3, -0.25) is 9.69 Å². The lowest BCUT2D eigenvalue weighted by atomic mass is 10.1. The molecule has 27 heavy (non-hydrogen) atoms. The van der Waals surface area contributed by atoms with Gasteiger partial charge >= 0.3 is 6.36 Å². The van der Waals surface area contributed by atoms with E-state index in [1.54, 1.807) is 18.2 Å². The highest BCUT2D eigenvalue weighted by atomic mass is 19.4. The molecule has 2 aliphatic heterocycles.